The molecule has 0 aliphatic rings. The van der Waals surface area contributed by atoms with Gasteiger partial charge >= 0.3 is 5.97 Å². The first kappa shape index (κ1) is 17.9. The normalized spacial score (nSPS) is 10.9. The van der Waals surface area contributed by atoms with Crippen molar-refractivity contribution in [2.24, 2.45) is 0 Å². The van der Waals surface area contributed by atoms with Crippen molar-refractivity contribution in [1.82, 2.24) is 5.32 Å². The Balaban J connectivity index is 2.54. The van der Waals surface area contributed by atoms with Gasteiger partial charge in [-0.25, -0.2) is 0 Å². The van der Waals surface area contributed by atoms with E-state index in [1.54, 1.807) is 12.1 Å². The molecule has 0 bridgehead atoms. The highest BCUT2D eigenvalue weighted by Crippen LogP contribution is 2.22. The molecule has 5 heteroatoms. The quantitative estimate of drug-likeness (QED) is 0.849. The van der Waals surface area contributed by atoms with Crippen LogP contribution in [0.5, 0.6) is 0 Å². The van der Waals surface area contributed by atoms with Gasteiger partial charge in [0.2, 0.25) is 0 Å². The van der Waals surface area contributed by atoms with Crippen molar-refractivity contribution in [3.63, 3.8) is 0 Å². The van der Waals surface area contributed by atoms with E-state index in [1.807, 2.05) is 19.1 Å². The summed E-state index contributed by atoms with van der Waals surface area (Å²) in [6, 6.07) is 7.07. The minimum Gasteiger partial charge on any atom is -0.456 e. The van der Waals surface area contributed by atoms with Crippen LogP contribution in [0.4, 0.5) is 0 Å². The van der Waals surface area contributed by atoms with Gasteiger partial charge in [0, 0.05) is 12.0 Å². The zero-order valence-corrected chi connectivity index (χ0v) is 13.6. The summed E-state index contributed by atoms with van der Waals surface area (Å²) in [6.07, 6.45) is 0.912. The van der Waals surface area contributed by atoms with Crippen molar-refractivity contribution in [3.05, 3.63) is 35.4 Å². The molecule has 0 fully saturated rings. The lowest BCUT2D eigenvalue weighted by Crippen LogP contribution is -2.34. The molecule has 0 saturated carbocycles. The van der Waals surface area contributed by atoms with Gasteiger partial charge in [0.1, 0.15) is 0 Å². The van der Waals surface area contributed by atoms with Crippen LogP contribution in [0.3, 0.4) is 0 Å². The molecule has 0 aliphatic heterocycles. The van der Waals surface area contributed by atoms with Gasteiger partial charge in [0.05, 0.1) is 0 Å². The van der Waals surface area contributed by atoms with Crippen LogP contribution in [0.2, 0.25) is 0 Å². The minimum atomic E-state index is -0.630. The molecular weight excluding hydrogens is 282 g/mol. The van der Waals surface area contributed by atoms with Gasteiger partial charge in [-0.3, -0.25) is 19.7 Å². The molecule has 1 rings (SSSR count). The maximum Gasteiger partial charge on any atom is 0.306 e. The van der Waals surface area contributed by atoms with Gasteiger partial charge in [-0.15, -0.1) is 0 Å². The van der Waals surface area contributed by atoms with Crippen LogP contribution in [0.25, 0.3) is 0 Å². The van der Waals surface area contributed by atoms with Gasteiger partial charge in [0.15, 0.2) is 6.61 Å². The highest BCUT2D eigenvalue weighted by atomic mass is 16.5. The van der Waals surface area contributed by atoms with Crippen LogP contribution < -0.4 is 5.32 Å². The second-order valence-corrected chi connectivity index (χ2v) is 6.12. The number of rotatable bonds is 5. The molecule has 0 saturated heterocycles. The van der Waals surface area contributed by atoms with Gasteiger partial charge in [-0.05, 0) is 29.5 Å². The molecule has 22 heavy (non-hydrogen) atoms. The number of ether oxygens (including phenoxy) is 1. The van der Waals surface area contributed by atoms with Crippen LogP contribution in [0, 0.1) is 0 Å². The molecule has 0 radical (unpaired) electrons. The predicted octanol–water partition coefficient (Wildman–Crippen LogP) is 2.58. The zero-order valence-electron chi connectivity index (χ0n) is 13.6. The summed E-state index contributed by atoms with van der Waals surface area (Å²) in [6.45, 7) is 7.64. The molecule has 2 amide bonds. The molecule has 0 aromatic heterocycles. The van der Waals surface area contributed by atoms with E-state index in [2.05, 4.69) is 26.1 Å². The smallest absolute Gasteiger partial charge is 0.306 e. The van der Waals surface area contributed by atoms with E-state index in [4.69, 9.17) is 4.74 Å². The van der Waals surface area contributed by atoms with E-state index in [0.29, 0.717) is 12.0 Å². The minimum absolute atomic E-state index is 0.00168. The first-order valence-corrected chi connectivity index (χ1v) is 7.34. The number of imide groups is 1. The molecule has 0 aliphatic carbocycles. The lowest BCUT2D eigenvalue weighted by atomic mass is 9.87. The number of amides is 2. The highest BCUT2D eigenvalue weighted by Gasteiger charge is 2.16. The Hall–Kier alpha value is -2.17. The first-order chi connectivity index (χ1) is 10.2. The summed E-state index contributed by atoms with van der Waals surface area (Å²) < 4.78 is 4.74. The molecule has 1 aromatic carbocycles. The molecule has 1 aromatic rings. The molecule has 1 N–H and O–H groups in total. The summed E-state index contributed by atoms with van der Waals surface area (Å²) in [4.78, 5) is 34.6. The number of esters is 1. The molecule has 0 atom stereocenters. The standard InChI is InChI=1S/C17H23NO4/c1-5-6-15(20)22-11-14(19)18-16(21)12-7-9-13(10-8-12)17(2,3)4/h7-10H,5-6,11H2,1-4H3,(H,18,19,21). The maximum absolute atomic E-state index is 11.9. The number of carbonyl (C=O) groups excluding carboxylic acids is 3. The first-order valence-electron chi connectivity index (χ1n) is 7.34. The summed E-state index contributed by atoms with van der Waals surface area (Å²) in [5, 5.41) is 2.20. The lowest BCUT2D eigenvalue weighted by molar-refractivity contribution is -0.148. The van der Waals surface area contributed by atoms with Crippen LogP contribution in [0.1, 0.15) is 56.5 Å². The highest BCUT2D eigenvalue weighted by molar-refractivity contribution is 6.05. The zero-order chi connectivity index (χ0) is 16.8. The number of nitrogens with one attached hydrogen (secondary N) is 1. The third-order valence-electron chi connectivity index (χ3n) is 3.08. The fourth-order valence-corrected chi connectivity index (χ4v) is 1.78. The Morgan fingerprint density at radius 1 is 1.09 bits per heavy atom. The Morgan fingerprint density at radius 3 is 2.18 bits per heavy atom. The Labute approximate surface area is 131 Å². The number of benzene rings is 1. The lowest BCUT2D eigenvalue weighted by Gasteiger charge is -2.18. The summed E-state index contributed by atoms with van der Waals surface area (Å²) >= 11 is 0. The largest absolute Gasteiger partial charge is 0.456 e. The molecule has 0 unspecified atom stereocenters. The van der Waals surface area contributed by atoms with Crippen LogP contribution in [-0.4, -0.2) is 24.4 Å². The summed E-state index contributed by atoms with van der Waals surface area (Å²) in [5.41, 5.74) is 1.49. The Kier molecular flexibility index (Phi) is 6.28. The van der Waals surface area contributed by atoms with E-state index in [0.717, 1.165) is 5.56 Å². The Morgan fingerprint density at radius 2 is 1.68 bits per heavy atom. The summed E-state index contributed by atoms with van der Waals surface area (Å²) in [7, 11) is 0. The fourth-order valence-electron chi connectivity index (χ4n) is 1.78. The average Bonchev–Trinajstić information content (AvgIpc) is 2.44. The third-order valence-corrected chi connectivity index (χ3v) is 3.08. The number of hydrogen-bond donors (Lipinski definition) is 1. The predicted molar refractivity (Wildman–Crippen MR) is 83.5 cm³/mol. The van der Waals surface area contributed by atoms with Crippen LogP contribution in [-0.2, 0) is 19.7 Å². The van der Waals surface area contributed by atoms with E-state index < -0.39 is 24.4 Å². The Bertz CT molecular complexity index is 541. The van der Waals surface area contributed by atoms with Crippen molar-refractivity contribution in [1.29, 1.82) is 0 Å². The maximum atomic E-state index is 11.9. The molecule has 5 nitrogen and oxygen atoms in total. The third kappa shape index (κ3) is 5.68. The molecule has 120 valence electrons. The fraction of sp³-hybridized carbons (Fsp3) is 0.471. The van der Waals surface area contributed by atoms with Crippen molar-refractivity contribution in [2.45, 2.75) is 46.0 Å². The van der Waals surface area contributed by atoms with Crippen molar-refractivity contribution < 1.29 is 19.1 Å². The second kappa shape index (κ2) is 7.73. The van der Waals surface area contributed by atoms with Crippen molar-refractivity contribution in [3.8, 4) is 0 Å². The van der Waals surface area contributed by atoms with Gasteiger partial charge in [0.25, 0.3) is 11.8 Å². The van der Waals surface area contributed by atoms with Crippen LogP contribution in [0.15, 0.2) is 24.3 Å². The van der Waals surface area contributed by atoms with Crippen molar-refractivity contribution >= 4 is 17.8 Å². The van der Waals surface area contributed by atoms with Crippen molar-refractivity contribution in [2.75, 3.05) is 6.61 Å². The van der Waals surface area contributed by atoms with Gasteiger partial charge in [-0.1, -0.05) is 39.8 Å². The number of hydrogen-bond acceptors (Lipinski definition) is 4. The van der Waals surface area contributed by atoms with E-state index >= 15 is 0 Å². The molecular formula is C17H23NO4. The second-order valence-electron chi connectivity index (χ2n) is 6.12. The monoisotopic (exact) mass is 305 g/mol. The van der Waals surface area contributed by atoms with E-state index in [1.165, 1.54) is 0 Å². The van der Waals surface area contributed by atoms with E-state index in [-0.39, 0.29) is 11.8 Å². The van der Waals surface area contributed by atoms with Gasteiger partial charge < -0.3 is 4.74 Å². The molecule has 0 heterocycles. The molecule has 0 spiro atoms. The average molecular weight is 305 g/mol. The number of carbonyl (C=O) groups is 3. The van der Waals surface area contributed by atoms with Gasteiger partial charge in [-0.2, -0.15) is 0 Å². The van der Waals surface area contributed by atoms with E-state index in [9.17, 15) is 14.4 Å². The summed E-state index contributed by atoms with van der Waals surface area (Å²) in [5.74, 6) is -1.58. The topological polar surface area (TPSA) is 72.5 Å². The SMILES string of the molecule is CCCC(=O)OCC(=O)NC(=O)c1ccc(C(C)(C)C)cc1. The van der Waals surface area contributed by atoms with Crippen LogP contribution >= 0.6 is 0 Å².